The Morgan fingerprint density at radius 3 is 2.67 bits per heavy atom. The van der Waals surface area contributed by atoms with E-state index in [1.165, 1.54) is 12.3 Å². The van der Waals surface area contributed by atoms with E-state index in [0.717, 1.165) is 5.56 Å². The van der Waals surface area contributed by atoms with Gasteiger partial charge >= 0.3 is 0 Å². The van der Waals surface area contributed by atoms with Crippen LogP contribution in [0.1, 0.15) is 18.1 Å². The van der Waals surface area contributed by atoms with Gasteiger partial charge in [-0.15, -0.1) is 0 Å². The molecule has 0 saturated carbocycles. The van der Waals surface area contributed by atoms with Crippen molar-refractivity contribution in [3.05, 3.63) is 95.2 Å². The summed E-state index contributed by atoms with van der Waals surface area (Å²) in [7, 11) is 1.85. The summed E-state index contributed by atoms with van der Waals surface area (Å²) >= 11 is 6.54. The molecule has 216 valence electrons. The number of benzene rings is 3. The zero-order valence-corrected chi connectivity index (χ0v) is 24.2. The number of aromatic nitrogens is 1. The number of nitriles is 1. The average molecular weight is 586 g/mol. The first-order valence-corrected chi connectivity index (χ1v) is 13.8. The highest BCUT2D eigenvalue weighted by Gasteiger charge is 2.16. The van der Waals surface area contributed by atoms with Crippen LogP contribution < -0.4 is 20.1 Å². The fraction of sp³-hybridized carbons (Fsp3) is 0.219. The van der Waals surface area contributed by atoms with Crippen molar-refractivity contribution in [3.63, 3.8) is 0 Å². The predicted octanol–water partition coefficient (Wildman–Crippen LogP) is 5.90. The Kier molecular flexibility index (Phi) is 10.7. The third kappa shape index (κ3) is 7.98. The van der Waals surface area contributed by atoms with Crippen molar-refractivity contribution in [2.45, 2.75) is 13.5 Å². The van der Waals surface area contributed by atoms with Crippen molar-refractivity contribution in [1.82, 2.24) is 9.88 Å². The van der Waals surface area contributed by atoms with Gasteiger partial charge in [-0.05, 0) is 43.8 Å². The van der Waals surface area contributed by atoms with Gasteiger partial charge in [0.15, 0.2) is 0 Å². The molecular formula is C32H32ClN5O4. The molecule has 1 heterocycles. The van der Waals surface area contributed by atoms with Crippen LogP contribution in [0.4, 0.5) is 17.1 Å². The van der Waals surface area contributed by atoms with Gasteiger partial charge in [-0.2, -0.15) is 5.26 Å². The monoisotopic (exact) mass is 585 g/mol. The van der Waals surface area contributed by atoms with Crippen LogP contribution in [0.25, 0.3) is 10.9 Å². The molecule has 0 aliphatic rings. The van der Waals surface area contributed by atoms with Crippen molar-refractivity contribution >= 4 is 45.5 Å². The van der Waals surface area contributed by atoms with Crippen molar-refractivity contribution in [1.29, 1.82) is 5.26 Å². The summed E-state index contributed by atoms with van der Waals surface area (Å²) in [6.07, 6.45) is 4.63. The number of carbonyl (C=O) groups is 1. The minimum absolute atomic E-state index is 0.0405. The van der Waals surface area contributed by atoms with Gasteiger partial charge in [0, 0.05) is 42.5 Å². The Hall–Kier alpha value is -4.62. The number of carbonyl (C=O) groups excluding carboxylic acids is 1. The lowest BCUT2D eigenvalue weighted by atomic mass is 10.1. The molecule has 0 atom stereocenters. The number of anilines is 3. The quantitative estimate of drug-likeness (QED) is 0.166. The van der Waals surface area contributed by atoms with Gasteiger partial charge in [-0.1, -0.05) is 48.0 Å². The number of nitrogens with zero attached hydrogens (tertiary/aromatic N) is 3. The summed E-state index contributed by atoms with van der Waals surface area (Å²) in [4.78, 5) is 19.1. The van der Waals surface area contributed by atoms with Crippen molar-refractivity contribution in [2.24, 2.45) is 0 Å². The second-order valence-corrected chi connectivity index (χ2v) is 9.79. The van der Waals surface area contributed by atoms with E-state index < -0.39 is 0 Å². The average Bonchev–Trinajstić information content (AvgIpc) is 2.98. The molecule has 0 aliphatic carbocycles. The summed E-state index contributed by atoms with van der Waals surface area (Å²) in [5.74, 6) is 0.646. The lowest BCUT2D eigenvalue weighted by molar-refractivity contribution is -0.111. The Morgan fingerprint density at radius 2 is 1.95 bits per heavy atom. The summed E-state index contributed by atoms with van der Waals surface area (Å²) in [5, 5.41) is 26.1. The van der Waals surface area contributed by atoms with Crippen LogP contribution in [-0.4, -0.2) is 54.2 Å². The van der Waals surface area contributed by atoms with E-state index in [0.29, 0.717) is 76.4 Å². The van der Waals surface area contributed by atoms with E-state index in [1.54, 1.807) is 30.3 Å². The molecule has 0 fully saturated rings. The fourth-order valence-electron chi connectivity index (χ4n) is 4.16. The van der Waals surface area contributed by atoms with Crippen LogP contribution in [0, 0.1) is 11.3 Å². The molecule has 4 aromatic rings. The van der Waals surface area contributed by atoms with Crippen molar-refractivity contribution in [3.8, 4) is 17.6 Å². The van der Waals surface area contributed by atoms with Gasteiger partial charge in [0.2, 0.25) is 5.91 Å². The number of hydrogen-bond donors (Lipinski definition) is 3. The second-order valence-electron chi connectivity index (χ2n) is 9.38. The summed E-state index contributed by atoms with van der Waals surface area (Å²) in [6, 6.07) is 20.8. The molecule has 3 N–H and O–H groups in total. The molecule has 0 aliphatic heterocycles. The number of amides is 1. The third-order valence-electron chi connectivity index (χ3n) is 6.25. The predicted molar refractivity (Wildman–Crippen MR) is 165 cm³/mol. The van der Waals surface area contributed by atoms with Crippen LogP contribution in [0.15, 0.2) is 79.0 Å². The van der Waals surface area contributed by atoms with Gasteiger partial charge in [0.1, 0.15) is 24.2 Å². The highest BCUT2D eigenvalue weighted by atomic mass is 35.5. The Balaban J connectivity index is 1.61. The number of pyridine rings is 1. The molecule has 0 radical (unpaired) electrons. The molecule has 9 nitrogen and oxygen atoms in total. The van der Waals surface area contributed by atoms with Crippen molar-refractivity contribution in [2.75, 3.05) is 44.0 Å². The zero-order valence-electron chi connectivity index (χ0n) is 23.4. The van der Waals surface area contributed by atoms with Gasteiger partial charge in [-0.3, -0.25) is 9.78 Å². The SMILES string of the molecule is CCOc1cc2ncc(C#N)c(Nc3ccc(OCc4ccccc4)c(Cl)c3)c2cc1NC(=O)C=CCN(C)CCO. The number of aliphatic hydroxyl groups is 1. The molecule has 0 spiro atoms. The smallest absolute Gasteiger partial charge is 0.248 e. The standard InChI is InChI=1S/C32H32ClN5O4/c1-3-41-30-18-27-25(17-28(30)37-31(40)10-7-13-38(2)14-15-39)32(23(19-34)20-35-27)36-24-11-12-29(26(33)16-24)42-21-22-8-5-4-6-9-22/h4-12,16-18,20,39H,3,13-15,21H2,1-2H3,(H,35,36)(H,37,40). The van der Waals surface area contributed by atoms with Gasteiger partial charge < -0.3 is 30.1 Å². The molecule has 3 aromatic carbocycles. The second kappa shape index (κ2) is 14.8. The van der Waals surface area contributed by atoms with Crippen LogP contribution in [0.3, 0.4) is 0 Å². The molecule has 1 amide bonds. The van der Waals surface area contributed by atoms with E-state index in [2.05, 4.69) is 21.7 Å². The van der Waals surface area contributed by atoms with E-state index in [9.17, 15) is 10.1 Å². The molecule has 0 unspecified atom stereocenters. The number of nitrogens with one attached hydrogen (secondary N) is 2. The summed E-state index contributed by atoms with van der Waals surface area (Å²) in [6.45, 7) is 3.67. The maximum Gasteiger partial charge on any atom is 0.248 e. The van der Waals surface area contributed by atoms with E-state index >= 15 is 0 Å². The maximum atomic E-state index is 12.7. The minimum atomic E-state index is -0.343. The number of aliphatic hydroxyl groups excluding tert-OH is 1. The highest BCUT2D eigenvalue weighted by molar-refractivity contribution is 6.32. The van der Waals surface area contributed by atoms with Crippen molar-refractivity contribution < 1.29 is 19.4 Å². The number of halogens is 1. The maximum absolute atomic E-state index is 12.7. The lowest BCUT2D eigenvalue weighted by Gasteiger charge is -2.16. The normalized spacial score (nSPS) is 11.0. The van der Waals surface area contributed by atoms with Crippen LogP contribution in [0.5, 0.6) is 11.5 Å². The first-order chi connectivity index (χ1) is 20.4. The Morgan fingerprint density at radius 1 is 1.14 bits per heavy atom. The Labute approximate surface area is 250 Å². The molecule has 1 aromatic heterocycles. The van der Waals surface area contributed by atoms with Crippen LogP contribution >= 0.6 is 11.6 Å². The first kappa shape index (κ1) is 30.3. The molecule has 0 bridgehead atoms. The molecular weight excluding hydrogens is 554 g/mol. The summed E-state index contributed by atoms with van der Waals surface area (Å²) < 4.78 is 11.7. The molecule has 42 heavy (non-hydrogen) atoms. The minimum Gasteiger partial charge on any atom is -0.492 e. The van der Waals surface area contributed by atoms with Gasteiger partial charge in [0.05, 0.1) is 40.7 Å². The summed E-state index contributed by atoms with van der Waals surface area (Å²) in [5.41, 5.74) is 3.51. The topological polar surface area (TPSA) is 120 Å². The number of rotatable bonds is 13. The van der Waals surface area contributed by atoms with E-state index in [1.807, 2.05) is 55.3 Å². The molecule has 10 heteroatoms. The number of likely N-dealkylation sites (N-methyl/N-ethyl adjacent to an activating group) is 1. The number of hydrogen-bond acceptors (Lipinski definition) is 8. The largest absolute Gasteiger partial charge is 0.492 e. The first-order valence-electron chi connectivity index (χ1n) is 13.4. The lowest BCUT2D eigenvalue weighted by Crippen LogP contribution is -2.22. The van der Waals surface area contributed by atoms with Crippen LogP contribution in [0.2, 0.25) is 5.02 Å². The Bertz CT molecular complexity index is 1600. The van der Waals surface area contributed by atoms with Crippen LogP contribution in [-0.2, 0) is 11.4 Å². The van der Waals surface area contributed by atoms with Gasteiger partial charge in [-0.25, -0.2) is 0 Å². The number of fused-ring (bicyclic) bond motifs is 1. The highest BCUT2D eigenvalue weighted by Crippen LogP contribution is 2.37. The molecule has 0 saturated heterocycles. The zero-order chi connectivity index (χ0) is 29.9. The van der Waals surface area contributed by atoms with Gasteiger partial charge in [0.25, 0.3) is 0 Å². The van der Waals surface area contributed by atoms with E-state index in [4.69, 9.17) is 26.2 Å². The third-order valence-corrected chi connectivity index (χ3v) is 6.55. The van der Waals surface area contributed by atoms with E-state index in [-0.39, 0.29) is 12.5 Å². The number of ether oxygens (including phenoxy) is 2. The molecule has 4 rings (SSSR count). The fourth-order valence-corrected chi connectivity index (χ4v) is 4.40.